The Morgan fingerprint density at radius 2 is 2.75 bits per heavy atom. The van der Waals surface area contributed by atoms with Gasteiger partial charge in [-0.1, -0.05) is 0 Å². The fourth-order valence-electron chi connectivity index (χ4n) is 0.476. The Bertz CT molecular complexity index is 136. The van der Waals surface area contributed by atoms with Crippen molar-refractivity contribution in [3.63, 3.8) is 0 Å². The molecular formula is C5H7N2O. The third-order valence-corrected chi connectivity index (χ3v) is 0.804. The van der Waals surface area contributed by atoms with E-state index in [1.165, 1.54) is 0 Å². The number of aliphatic hydroxyl groups excluding tert-OH is 1. The monoisotopic (exact) mass is 111 g/mol. The Morgan fingerprint density at radius 3 is 3.25 bits per heavy atom. The van der Waals surface area contributed by atoms with Crippen LogP contribution < -0.4 is 0 Å². The van der Waals surface area contributed by atoms with Gasteiger partial charge in [0.1, 0.15) is 5.82 Å². The second kappa shape index (κ2) is 2.47. The van der Waals surface area contributed by atoms with Gasteiger partial charge in [0.15, 0.2) is 0 Å². The summed E-state index contributed by atoms with van der Waals surface area (Å²) >= 11 is 0. The topological polar surface area (TPSA) is 48.9 Å². The highest BCUT2D eigenvalue weighted by molar-refractivity contribution is 4.99. The highest BCUT2D eigenvalue weighted by atomic mass is 16.3. The first-order valence-corrected chi connectivity index (χ1v) is 2.37. The third-order valence-electron chi connectivity index (χ3n) is 0.804. The molecule has 0 fully saturated rings. The molecule has 1 aromatic rings. The highest BCUT2D eigenvalue weighted by Gasteiger charge is 1.89. The SMILES string of the molecule is OC[CH]c1ncc[nH]1. The Balaban J connectivity index is 2.50. The van der Waals surface area contributed by atoms with Crippen molar-refractivity contribution in [2.24, 2.45) is 0 Å². The van der Waals surface area contributed by atoms with Crippen molar-refractivity contribution < 1.29 is 5.11 Å². The molecule has 0 aliphatic rings. The number of nitrogens with zero attached hydrogens (tertiary/aromatic N) is 1. The number of rotatable bonds is 2. The van der Waals surface area contributed by atoms with Gasteiger partial charge >= 0.3 is 0 Å². The average molecular weight is 111 g/mol. The minimum absolute atomic E-state index is 0.0352. The van der Waals surface area contributed by atoms with Crippen LogP contribution in [0.1, 0.15) is 5.82 Å². The number of aromatic nitrogens is 2. The summed E-state index contributed by atoms with van der Waals surface area (Å²) in [5, 5.41) is 8.32. The number of nitrogens with one attached hydrogen (secondary N) is 1. The van der Waals surface area contributed by atoms with Crippen LogP contribution in [0.2, 0.25) is 0 Å². The second-order valence-electron chi connectivity index (χ2n) is 1.36. The van der Waals surface area contributed by atoms with Crippen LogP contribution >= 0.6 is 0 Å². The molecule has 0 amide bonds. The minimum atomic E-state index is 0.0352. The van der Waals surface area contributed by atoms with E-state index in [1.807, 2.05) is 0 Å². The molecule has 3 heteroatoms. The minimum Gasteiger partial charge on any atom is -0.396 e. The Labute approximate surface area is 47.4 Å². The predicted octanol–water partition coefficient (Wildman–Crippen LogP) is -0.0456. The van der Waals surface area contributed by atoms with E-state index in [9.17, 15) is 0 Å². The maximum Gasteiger partial charge on any atom is 0.112 e. The lowest BCUT2D eigenvalue weighted by Crippen LogP contribution is -1.88. The van der Waals surface area contributed by atoms with Crippen LogP contribution in [0, 0.1) is 6.42 Å². The molecule has 3 nitrogen and oxygen atoms in total. The number of H-pyrrole nitrogens is 1. The molecular weight excluding hydrogens is 104 g/mol. The molecule has 1 aromatic heterocycles. The van der Waals surface area contributed by atoms with E-state index in [0.29, 0.717) is 5.82 Å². The normalized spacial score (nSPS) is 9.62. The van der Waals surface area contributed by atoms with Gasteiger partial charge in [0.25, 0.3) is 0 Å². The Hall–Kier alpha value is -0.830. The quantitative estimate of drug-likeness (QED) is 0.562. The summed E-state index contributed by atoms with van der Waals surface area (Å²) in [6, 6.07) is 0. The fraction of sp³-hybridized carbons (Fsp3) is 0.200. The van der Waals surface area contributed by atoms with Gasteiger partial charge < -0.3 is 10.1 Å². The molecule has 1 rings (SSSR count). The van der Waals surface area contributed by atoms with Crippen LogP contribution in [-0.4, -0.2) is 21.7 Å². The van der Waals surface area contributed by atoms with E-state index in [2.05, 4.69) is 9.97 Å². The summed E-state index contributed by atoms with van der Waals surface area (Å²) in [6.07, 6.45) is 4.95. The van der Waals surface area contributed by atoms with Crippen molar-refractivity contribution in [1.29, 1.82) is 0 Å². The number of hydrogen-bond acceptors (Lipinski definition) is 2. The maximum atomic E-state index is 8.32. The molecule has 43 valence electrons. The molecule has 8 heavy (non-hydrogen) atoms. The first-order chi connectivity index (χ1) is 3.93. The van der Waals surface area contributed by atoms with Gasteiger partial charge in [0, 0.05) is 12.4 Å². The molecule has 1 radical (unpaired) electrons. The van der Waals surface area contributed by atoms with Gasteiger partial charge in [-0.3, -0.25) is 0 Å². The molecule has 0 aliphatic heterocycles. The zero-order valence-electron chi connectivity index (χ0n) is 4.33. The van der Waals surface area contributed by atoms with Crippen LogP contribution in [0.25, 0.3) is 0 Å². The molecule has 2 N–H and O–H groups in total. The van der Waals surface area contributed by atoms with Gasteiger partial charge in [-0.15, -0.1) is 0 Å². The van der Waals surface area contributed by atoms with Crippen molar-refractivity contribution >= 4 is 0 Å². The maximum absolute atomic E-state index is 8.32. The van der Waals surface area contributed by atoms with Crippen LogP contribution in [-0.2, 0) is 0 Å². The zero-order chi connectivity index (χ0) is 5.82. The number of aliphatic hydroxyl groups is 1. The van der Waals surface area contributed by atoms with E-state index in [0.717, 1.165) is 0 Å². The molecule has 0 saturated carbocycles. The first kappa shape index (κ1) is 5.31. The van der Waals surface area contributed by atoms with E-state index >= 15 is 0 Å². The zero-order valence-corrected chi connectivity index (χ0v) is 4.33. The summed E-state index contributed by atoms with van der Waals surface area (Å²) in [6.45, 7) is 0.0352. The predicted molar refractivity (Wildman–Crippen MR) is 29.1 cm³/mol. The van der Waals surface area contributed by atoms with Crippen molar-refractivity contribution in [3.8, 4) is 0 Å². The smallest absolute Gasteiger partial charge is 0.112 e. The van der Waals surface area contributed by atoms with Gasteiger partial charge in [-0.25, -0.2) is 4.98 Å². The standard InChI is InChI=1S/C5H7N2O/c8-4-1-5-6-2-3-7-5/h1-3,8H,4H2,(H,6,7). The fourth-order valence-corrected chi connectivity index (χ4v) is 0.476. The Morgan fingerprint density at radius 1 is 1.88 bits per heavy atom. The Kier molecular flexibility index (Phi) is 1.64. The summed E-state index contributed by atoms with van der Waals surface area (Å²) in [5.41, 5.74) is 0. The van der Waals surface area contributed by atoms with Crippen LogP contribution in [0.4, 0.5) is 0 Å². The van der Waals surface area contributed by atoms with Crippen molar-refractivity contribution in [2.75, 3.05) is 6.61 Å². The van der Waals surface area contributed by atoms with Gasteiger partial charge in [-0.2, -0.15) is 0 Å². The number of hydrogen-bond donors (Lipinski definition) is 2. The third kappa shape index (κ3) is 1.07. The van der Waals surface area contributed by atoms with E-state index in [-0.39, 0.29) is 6.61 Å². The van der Waals surface area contributed by atoms with Crippen molar-refractivity contribution in [1.82, 2.24) is 9.97 Å². The first-order valence-electron chi connectivity index (χ1n) is 2.37. The van der Waals surface area contributed by atoms with Crippen LogP contribution in [0.3, 0.4) is 0 Å². The van der Waals surface area contributed by atoms with Gasteiger partial charge in [0.05, 0.1) is 13.0 Å². The molecule has 0 spiro atoms. The highest BCUT2D eigenvalue weighted by Crippen LogP contribution is 1.89. The molecule has 0 aliphatic carbocycles. The molecule has 0 atom stereocenters. The molecule has 1 heterocycles. The molecule has 0 unspecified atom stereocenters. The molecule has 0 saturated heterocycles. The lowest BCUT2D eigenvalue weighted by atomic mass is 10.4. The molecule has 0 bridgehead atoms. The largest absolute Gasteiger partial charge is 0.396 e. The van der Waals surface area contributed by atoms with E-state index < -0.39 is 0 Å². The number of aromatic amines is 1. The second-order valence-corrected chi connectivity index (χ2v) is 1.36. The van der Waals surface area contributed by atoms with E-state index in [4.69, 9.17) is 5.11 Å². The lowest BCUT2D eigenvalue weighted by molar-refractivity contribution is 0.330. The van der Waals surface area contributed by atoms with Crippen molar-refractivity contribution in [2.45, 2.75) is 0 Å². The summed E-state index contributed by atoms with van der Waals surface area (Å²) in [7, 11) is 0. The summed E-state index contributed by atoms with van der Waals surface area (Å²) in [5.74, 6) is 0.715. The average Bonchev–Trinajstić information content (AvgIpc) is 2.19. The van der Waals surface area contributed by atoms with Gasteiger partial charge in [-0.05, 0) is 0 Å². The lowest BCUT2D eigenvalue weighted by Gasteiger charge is -1.85. The summed E-state index contributed by atoms with van der Waals surface area (Å²) in [4.78, 5) is 6.65. The summed E-state index contributed by atoms with van der Waals surface area (Å²) < 4.78 is 0. The van der Waals surface area contributed by atoms with Gasteiger partial charge in [0.2, 0.25) is 0 Å². The number of imidazole rings is 1. The van der Waals surface area contributed by atoms with E-state index in [1.54, 1.807) is 18.8 Å². The molecule has 0 aromatic carbocycles. The van der Waals surface area contributed by atoms with Crippen molar-refractivity contribution in [3.05, 3.63) is 24.6 Å². The van der Waals surface area contributed by atoms with Crippen LogP contribution in [0.15, 0.2) is 12.4 Å². The van der Waals surface area contributed by atoms with Crippen LogP contribution in [0.5, 0.6) is 0 Å².